The van der Waals surface area contributed by atoms with Gasteiger partial charge in [0.2, 0.25) is 11.7 Å². The predicted molar refractivity (Wildman–Crippen MR) is 151 cm³/mol. The quantitative estimate of drug-likeness (QED) is 0.173. The van der Waals surface area contributed by atoms with Crippen molar-refractivity contribution in [2.24, 2.45) is 0 Å². The Morgan fingerprint density at radius 3 is 2.10 bits per heavy atom. The summed E-state index contributed by atoms with van der Waals surface area (Å²) in [4.78, 5) is 14.0. The van der Waals surface area contributed by atoms with E-state index in [1.165, 1.54) is 19.2 Å². The first-order chi connectivity index (χ1) is 19.4. The summed E-state index contributed by atoms with van der Waals surface area (Å²) in [5, 5.41) is 62.2. The maximum Gasteiger partial charge on any atom is 0.229 e. The van der Waals surface area contributed by atoms with Gasteiger partial charge in [-0.3, -0.25) is 4.79 Å². The number of aromatic hydroxyl groups is 2. The maximum atomic E-state index is 14.0. The van der Waals surface area contributed by atoms with E-state index < -0.39 is 42.7 Å². The fourth-order valence-electron chi connectivity index (χ4n) is 4.82. The Hall–Kier alpha value is -3.61. The smallest absolute Gasteiger partial charge is 0.229 e. The van der Waals surface area contributed by atoms with Gasteiger partial charge in [0.15, 0.2) is 11.5 Å². The van der Waals surface area contributed by atoms with Crippen molar-refractivity contribution < 1.29 is 49.3 Å². The molecule has 0 amide bonds. The predicted octanol–water partition coefficient (Wildman–Crippen LogP) is 2.56. The number of fused-ring (bicyclic) bond motifs is 2. The molecule has 5 atom stereocenters. The Kier molecular flexibility index (Phi) is 8.95. The lowest BCUT2D eigenvalue weighted by molar-refractivity contribution is -0.277. The van der Waals surface area contributed by atoms with Crippen LogP contribution in [0.3, 0.4) is 0 Å². The number of hydrogen-bond acceptors (Lipinski definition) is 11. The Balaban J connectivity index is 1.97. The van der Waals surface area contributed by atoms with E-state index in [1.807, 2.05) is 39.8 Å². The minimum absolute atomic E-state index is 0.0161. The van der Waals surface area contributed by atoms with Crippen molar-refractivity contribution in [3.63, 3.8) is 0 Å². The molecule has 1 fully saturated rings. The number of methoxy groups -OCH3 is 1. The largest absolute Gasteiger partial charge is 0.507 e. The second-order valence-corrected chi connectivity index (χ2v) is 10.6. The van der Waals surface area contributed by atoms with E-state index in [4.69, 9.17) is 18.6 Å². The molecular weight excluding hydrogens is 536 g/mol. The van der Waals surface area contributed by atoms with Crippen molar-refractivity contribution in [3.05, 3.63) is 56.8 Å². The molecule has 2 unspecified atom stereocenters. The molecule has 1 aliphatic rings. The van der Waals surface area contributed by atoms with Crippen LogP contribution in [0.5, 0.6) is 23.0 Å². The Labute approximate surface area is 236 Å². The lowest BCUT2D eigenvalue weighted by atomic mass is 9.98. The Bertz CT molecular complexity index is 1560. The average Bonchev–Trinajstić information content (AvgIpc) is 2.91. The fourth-order valence-corrected chi connectivity index (χ4v) is 4.82. The summed E-state index contributed by atoms with van der Waals surface area (Å²) in [5.41, 5.74) is 1.89. The summed E-state index contributed by atoms with van der Waals surface area (Å²) >= 11 is 0. The van der Waals surface area contributed by atoms with E-state index in [0.717, 1.165) is 11.1 Å². The highest BCUT2D eigenvalue weighted by molar-refractivity contribution is 5.97. The van der Waals surface area contributed by atoms with E-state index >= 15 is 0 Å². The van der Waals surface area contributed by atoms with Crippen LogP contribution < -0.4 is 14.9 Å². The second kappa shape index (κ2) is 12.1. The lowest BCUT2D eigenvalue weighted by Gasteiger charge is -2.39. The molecule has 6 N–H and O–H groups in total. The van der Waals surface area contributed by atoms with E-state index in [9.17, 15) is 35.4 Å². The zero-order valence-electron chi connectivity index (χ0n) is 23.5. The third kappa shape index (κ3) is 5.77. The van der Waals surface area contributed by atoms with E-state index in [2.05, 4.69) is 0 Å². The molecule has 1 aliphatic heterocycles. The van der Waals surface area contributed by atoms with Crippen molar-refractivity contribution >= 4 is 21.9 Å². The number of aliphatic hydroxyl groups excluding tert-OH is 4. The van der Waals surface area contributed by atoms with Gasteiger partial charge >= 0.3 is 0 Å². The summed E-state index contributed by atoms with van der Waals surface area (Å²) in [6, 6.07) is 2.61. The zero-order valence-corrected chi connectivity index (χ0v) is 23.5. The number of ether oxygens (including phenoxy) is 3. The van der Waals surface area contributed by atoms with Gasteiger partial charge in [-0.05, 0) is 40.5 Å². The summed E-state index contributed by atoms with van der Waals surface area (Å²) in [6.07, 6.45) is -3.59. The first-order valence-corrected chi connectivity index (χ1v) is 13.2. The van der Waals surface area contributed by atoms with Gasteiger partial charge in [-0.2, -0.15) is 0 Å². The molecular formula is C30H36O11. The van der Waals surface area contributed by atoms with Crippen LogP contribution in [-0.4, -0.2) is 75.1 Å². The number of rotatable bonds is 8. The summed E-state index contributed by atoms with van der Waals surface area (Å²) < 4.78 is 23.1. The van der Waals surface area contributed by atoms with E-state index in [-0.39, 0.29) is 63.3 Å². The number of phenols is 2. The third-order valence-electron chi connectivity index (χ3n) is 7.05. The summed E-state index contributed by atoms with van der Waals surface area (Å²) in [7, 11) is 1.36. The van der Waals surface area contributed by atoms with Crippen molar-refractivity contribution in [1.29, 1.82) is 0 Å². The molecule has 222 valence electrons. The topological polar surface area (TPSA) is 179 Å². The van der Waals surface area contributed by atoms with Gasteiger partial charge in [-0.25, -0.2) is 0 Å². The normalized spacial score (nSPS) is 22.5. The van der Waals surface area contributed by atoms with Crippen molar-refractivity contribution in [1.82, 2.24) is 0 Å². The summed E-state index contributed by atoms with van der Waals surface area (Å²) in [6.45, 7) is 6.87. The molecule has 11 nitrogen and oxygen atoms in total. The highest BCUT2D eigenvalue weighted by Gasteiger charge is 2.45. The van der Waals surface area contributed by atoms with Gasteiger partial charge in [0, 0.05) is 23.3 Å². The molecule has 0 radical (unpaired) electrons. The van der Waals surface area contributed by atoms with Gasteiger partial charge in [-0.15, -0.1) is 0 Å². The fraction of sp³-hybridized carbons (Fsp3) is 0.433. The molecule has 1 aromatic heterocycles. The molecule has 0 spiro atoms. The molecule has 1 saturated heterocycles. The van der Waals surface area contributed by atoms with Crippen LogP contribution in [0.4, 0.5) is 0 Å². The molecule has 2 heterocycles. The van der Waals surface area contributed by atoms with Crippen LogP contribution >= 0.6 is 0 Å². The van der Waals surface area contributed by atoms with Crippen LogP contribution in [-0.2, 0) is 17.6 Å². The molecule has 3 aromatic rings. The Morgan fingerprint density at radius 1 is 0.902 bits per heavy atom. The van der Waals surface area contributed by atoms with Crippen LogP contribution in [0.2, 0.25) is 0 Å². The first-order valence-electron chi connectivity index (χ1n) is 13.2. The van der Waals surface area contributed by atoms with Gasteiger partial charge in [0.25, 0.3) is 0 Å². The Morgan fingerprint density at radius 2 is 1.51 bits per heavy atom. The van der Waals surface area contributed by atoms with E-state index in [1.54, 1.807) is 0 Å². The van der Waals surface area contributed by atoms with Crippen molar-refractivity contribution in [3.8, 4) is 23.0 Å². The lowest BCUT2D eigenvalue weighted by Crippen LogP contribution is -2.60. The molecule has 2 aromatic carbocycles. The minimum Gasteiger partial charge on any atom is -0.507 e. The van der Waals surface area contributed by atoms with E-state index in [0.29, 0.717) is 5.56 Å². The maximum absolute atomic E-state index is 14.0. The van der Waals surface area contributed by atoms with Gasteiger partial charge < -0.3 is 49.3 Å². The zero-order chi connectivity index (χ0) is 30.2. The average molecular weight is 573 g/mol. The van der Waals surface area contributed by atoms with Crippen molar-refractivity contribution in [2.75, 3.05) is 13.7 Å². The van der Waals surface area contributed by atoms with Gasteiger partial charge in [0.05, 0.1) is 19.1 Å². The van der Waals surface area contributed by atoms with Gasteiger partial charge in [-0.1, -0.05) is 23.3 Å². The first kappa shape index (κ1) is 30.4. The highest BCUT2D eigenvalue weighted by atomic mass is 16.7. The number of phenolic OH excluding ortho intramolecular Hbond substituents is 2. The number of allylic oxidation sites excluding steroid dienone is 4. The SMILES string of the molecule is COc1c(O[C@H]2O[C@@H](CO)[C@@H](O)C(O)C2O)cc2oc3cc(O)c(CC=C(C)C)c(O)c3c(=O)c2c1CC=C(C)C. The molecule has 11 heteroatoms. The number of benzene rings is 2. The molecule has 4 rings (SSSR count). The monoisotopic (exact) mass is 572 g/mol. The molecule has 0 saturated carbocycles. The van der Waals surface area contributed by atoms with Crippen LogP contribution in [0.25, 0.3) is 21.9 Å². The highest BCUT2D eigenvalue weighted by Crippen LogP contribution is 2.42. The van der Waals surface area contributed by atoms with Crippen LogP contribution in [0.1, 0.15) is 38.8 Å². The van der Waals surface area contributed by atoms with Crippen LogP contribution in [0.15, 0.2) is 44.6 Å². The second-order valence-electron chi connectivity index (χ2n) is 10.6. The number of hydrogen-bond donors (Lipinski definition) is 6. The minimum atomic E-state index is -1.69. The summed E-state index contributed by atoms with van der Waals surface area (Å²) in [5.74, 6) is -0.535. The molecule has 41 heavy (non-hydrogen) atoms. The third-order valence-corrected chi connectivity index (χ3v) is 7.05. The van der Waals surface area contributed by atoms with Crippen LogP contribution in [0, 0.1) is 0 Å². The molecule has 0 bridgehead atoms. The van der Waals surface area contributed by atoms with Gasteiger partial charge in [0.1, 0.15) is 52.5 Å². The standard InChI is InChI=1S/C30H36O11/c1-13(2)6-8-15-17(32)10-18-23(24(15)33)26(35)22-16(9-7-14(3)4)29(38-5)20(11-19(22)39-18)40-30-28(37)27(36)25(34)21(12-31)41-30/h6-7,10-11,21,25,27-28,30-34,36-37H,8-9,12H2,1-5H3/t21-,25+,27?,28?,30-/m0/s1. The van der Waals surface area contributed by atoms with Crippen molar-refractivity contribution in [2.45, 2.75) is 71.2 Å². The number of aliphatic hydroxyl groups is 4. The molecule has 0 aliphatic carbocycles.